The molecule has 1 aliphatic rings. The molecule has 0 fully saturated rings. The molecule has 1 aliphatic heterocycles. The first-order valence-corrected chi connectivity index (χ1v) is 8.23. The first-order valence-electron chi connectivity index (χ1n) is 7.24. The smallest absolute Gasteiger partial charge is 0.303 e. The second-order valence-electron chi connectivity index (χ2n) is 5.52. The average molecular weight is 307 g/mol. The maximum absolute atomic E-state index is 12.8. The van der Waals surface area contributed by atoms with E-state index in [-0.39, 0.29) is 24.3 Å². The number of thioether (sulfide) groups is 1. The Hall–Kier alpha value is -1.49. The molecule has 0 saturated heterocycles. The van der Waals surface area contributed by atoms with Gasteiger partial charge in [-0.15, -0.1) is 11.8 Å². The minimum atomic E-state index is -0.812. The van der Waals surface area contributed by atoms with E-state index in [1.165, 1.54) is 4.90 Å². The van der Waals surface area contributed by atoms with Gasteiger partial charge in [-0.2, -0.15) is 0 Å². The molecule has 0 saturated carbocycles. The molecule has 0 aliphatic carbocycles. The van der Waals surface area contributed by atoms with Crippen molar-refractivity contribution in [3.05, 3.63) is 29.8 Å². The van der Waals surface area contributed by atoms with E-state index in [9.17, 15) is 9.59 Å². The molecule has 1 aromatic rings. The fourth-order valence-corrected chi connectivity index (χ4v) is 3.81. The van der Waals surface area contributed by atoms with Crippen LogP contribution in [-0.2, 0) is 9.59 Å². The third-order valence-corrected chi connectivity index (χ3v) is 4.88. The number of amides is 1. The van der Waals surface area contributed by atoms with E-state index in [2.05, 4.69) is 6.07 Å². The molecular formula is C16H21NO3S. The quantitative estimate of drug-likeness (QED) is 0.878. The number of carbonyl (C=O) groups excluding carboxylic acids is 1. The molecule has 1 atom stereocenters. The van der Waals surface area contributed by atoms with Gasteiger partial charge in [0.15, 0.2) is 0 Å². The number of aliphatic carboxylic acids is 1. The van der Waals surface area contributed by atoms with Crippen molar-refractivity contribution in [2.45, 2.75) is 43.5 Å². The molecule has 0 aromatic heterocycles. The zero-order valence-corrected chi connectivity index (χ0v) is 13.2. The van der Waals surface area contributed by atoms with Gasteiger partial charge in [0.1, 0.15) is 0 Å². The highest BCUT2D eigenvalue weighted by Gasteiger charge is 2.32. The maximum Gasteiger partial charge on any atom is 0.303 e. The number of nitrogens with zero attached hydrogens (tertiary/aromatic N) is 1. The topological polar surface area (TPSA) is 57.6 Å². The van der Waals surface area contributed by atoms with Gasteiger partial charge in [-0.1, -0.05) is 18.2 Å². The lowest BCUT2D eigenvalue weighted by molar-refractivity contribution is -0.139. The number of carboxylic acid groups (broad SMARTS) is 1. The van der Waals surface area contributed by atoms with Crippen molar-refractivity contribution in [1.82, 2.24) is 4.90 Å². The van der Waals surface area contributed by atoms with Crippen molar-refractivity contribution in [3.63, 3.8) is 0 Å². The van der Waals surface area contributed by atoms with E-state index in [0.717, 1.165) is 11.3 Å². The molecule has 0 radical (unpaired) electrons. The SMILES string of the molecule is CC(C)N(CCCC(=O)O)C(=O)C1CSc2ccccc21. The van der Waals surface area contributed by atoms with Crippen molar-refractivity contribution in [1.29, 1.82) is 0 Å². The largest absolute Gasteiger partial charge is 0.481 e. The van der Waals surface area contributed by atoms with Gasteiger partial charge in [0.25, 0.3) is 0 Å². The van der Waals surface area contributed by atoms with Gasteiger partial charge in [0.05, 0.1) is 5.92 Å². The Bertz CT molecular complexity index is 530. The molecule has 5 heteroatoms. The highest BCUT2D eigenvalue weighted by molar-refractivity contribution is 7.99. The van der Waals surface area contributed by atoms with Crippen LogP contribution in [0.3, 0.4) is 0 Å². The van der Waals surface area contributed by atoms with Gasteiger partial charge < -0.3 is 10.0 Å². The minimum absolute atomic E-state index is 0.0871. The van der Waals surface area contributed by atoms with Crippen LogP contribution in [0.2, 0.25) is 0 Å². The Morgan fingerprint density at radius 2 is 2.10 bits per heavy atom. The summed E-state index contributed by atoms with van der Waals surface area (Å²) in [6.45, 7) is 4.46. The lowest BCUT2D eigenvalue weighted by Crippen LogP contribution is -2.41. The van der Waals surface area contributed by atoms with E-state index >= 15 is 0 Å². The number of benzene rings is 1. The number of rotatable bonds is 6. The molecule has 114 valence electrons. The number of hydrogen-bond acceptors (Lipinski definition) is 3. The van der Waals surface area contributed by atoms with Crippen LogP contribution in [0, 0.1) is 0 Å². The molecule has 1 unspecified atom stereocenters. The first-order chi connectivity index (χ1) is 10.0. The second kappa shape index (κ2) is 6.98. The fourth-order valence-electron chi connectivity index (χ4n) is 2.59. The third kappa shape index (κ3) is 3.79. The highest BCUT2D eigenvalue weighted by atomic mass is 32.2. The monoisotopic (exact) mass is 307 g/mol. The lowest BCUT2D eigenvalue weighted by Gasteiger charge is -2.29. The van der Waals surface area contributed by atoms with Crippen molar-refractivity contribution in [2.24, 2.45) is 0 Å². The highest BCUT2D eigenvalue weighted by Crippen LogP contribution is 2.40. The summed E-state index contributed by atoms with van der Waals surface area (Å²) < 4.78 is 0. The molecular weight excluding hydrogens is 286 g/mol. The van der Waals surface area contributed by atoms with E-state index < -0.39 is 5.97 Å². The summed E-state index contributed by atoms with van der Waals surface area (Å²) in [4.78, 5) is 26.4. The van der Waals surface area contributed by atoms with Gasteiger partial charge in [0.2, 0.25) is 5.91 Å². The van der Waals surface area contributed by atoms with Crippen LogP contribution in [0.1, 0.15) is 38.2 Å². The lowest BCUT2D eigenvalue weighted by atomic mass is 9.99. The molecule has 2 rings (SSSR count). The summed E-state index contributed by atoms with van der Waals surface area (Å²) in [6.07, 6.45) is 0.604. The Morgan fingerprint density at radius 1 is 1.38 bits per heavy atom. The van der Waals surface area contributed by atoms with Crippen molar-refractivity contribution in [2.75, 3.05) is 12.3 Å². The summed E-state index contributed by atoms with van der Waals surface area (Å²) in [5.41, 5.74) is 1.11. The van der Waals surface area contributed by atoms with Gasteiger partial charge >= 0.3 is 5.97 Å². The van der Waals surface area contributed by atoms with Crippen LogP contribution < -0.4 is 0 Å². The van der Waals surface area contributed by atoms with Crippen LogP contribution in [0.25, 0.3) is 0 Å². The van der Waals surface area contributed by atoms with Crippen LogP contribution in [-0.4, -0.2) is 40.2 Å². The normalized spacial score (nSPS) is 16.8. The fraction of sp³-hybridized carbons (Fsp3) is 0.500. The first kappa shape index (κ1) is 15.9. The third-order valence-electron chi connectivity index (χ3n) is 3.69. The van der Waals surface area contributed by atoms with E-state index in [4.69, 9.17) is 5.11 Å². The summed E-state index contributed by atoms with van der Waals surface area (Å²) >= 11 is 1.72. The van der Waals surface area contributed by atoms with Crippen molar-refractivity contribution in [3.8, 4) is 0 Å². The number of hydrogen-bond donors (Lipinski definition) is 1. The minimum Gasteiger partial charge on any atom is -0.481 e. The zero-order valence-electron chi connectivity index (χ0n) is 12.4. The Kier molecular flexibility index (Phi) is 5.28. The Labute approximate surface area is 129 Å². The number of fused-ring (bicyclic) bond motifs is 1. The summed E-state index contributed by atoms with van der Waals surface area (Å²) in [7, 11) is 0. The van der Waals surface area contributed by atoms with Gasteiger partial charge in [-0.05, 0) is 31.9 Å². The van der Waals surface area contributed by atoms with E-state index in [1.54, 1.807) is 11.8 Å². The molecule has 1 aromatic carbocycles. The predicted molar refractivity (Wildman–Crippen MR) is 83.6 cm³/mol. The molecule has 1 heterocycles. The van der Waals surface area contributed by atoms with Crippen molar-refractivity contribution >= 4 is 23.6 Å². The van der Waals surface area contributed by atoms with Gasteiger partial charge in [-0.25, -0.2) is 0 Å². The average Bonchev–Trinajstić information content (AvgIpc) is 2.86. The van der Waals surface area contributed by atoms with Crippen LogP contribution in [0.4, 0.5) is 0 Å². The number of carbonyl (C=O) groups is 2. The van der Waals surface area contributed by atoms with Gasteiger partial charge in [0, 0.05) is 29.7 Å². The summed E-state index contributed by atoms with van der Waals surface area (Å²) in [6, 6.07) is 8.12. The zero-order chi connectivity index (χ0) is 15.4. The molecule has 0 spiro atoms. The predicted octanol–water partition coefficient (Wildman–Crippen LogP) is 2.98. The summed E-state index contributed by atoms with van der Waals surface area (Å²) in [5, 5.41) is 8.74. The Balaban J connectivity index is 2.07. The van der Waals surface area contributed by atoms with E-state index in [0.29, 0.717) is 13.0 Å². The maximum atomic E-state index is 12.8. The Morgan fingerprint density at radius 3 is 2.76 bits per heavy atom. The van der Waals surface area contributed by atoms with Crippen LogP contribution >= 0.6 is 11.8 Å². The van der Waals surface area contributed by atoms with E-state index in [1.807, 2.05) is 36.9 Å². The molecule has 21 heavy (non-hydrogen) atoms. The molecule has 1 N–H and O–H groups in total. The van der Waals surface area contributed by atoms with Crippen LogP contribution in [0.5, 0.6) is 0 Å². The van der Waals surface area contributed by atoms with Crippen LogP contribution in [0.15, 0.2) is 29.2 Å². The van der Waals surface area contributed by atoms with Crippen molar-refractivity contribution < 1.29 is 14.7 Å². The number of carboxylic acids is 1. The standard InChI is InChI=1S/C16H21NO3S/c1-11(2)17(9-5-8-15(18)19)16(20)13-10-21-14-7-4-3-6-12(13)14/h3-4,6-7,11,13H,5,8-10H2,1-2H3,(H,18,19). The second-order valence-corrected chi connectivity index (χ2v) is 6.59. The van der Waals surface area contributed by atoms with Gasteiger partial charge in [-0.3, -0.25) is 9.59 Å². The molecule has 0 bridgehead atoms. The summed E-state index contributed by atoms with van der Waals surface area (Å²) in [5.74, 6) is -0.0143. The molecule has 4 nitrogen and oxygen atoms in total. The molecule has 1 amide bonds.